The fourth-order valence-corrected chi connectivity index (χ4v) is 5.75. The molecule has 0 aliphatic rings. The van der Waals surface area contributed by atoms with Crippen LogP contribution in [0.15, 0.2) is 24.3 Å². The van der Waals surface area contributed by atoms with Crippen LogP contribution in [-0.2, 0) is 19.1 Å². The minimum absolute atomic E-state index is 0. The molecule has 0 aliphatic carbocycles. The minimum atomic E-state index is -0.531. The van der Waals surface area contributed by atoms with Crippen molar-refractivity contribution < 1.29 is 19.1 Å². The number of carbonyl (C=O) groups excluding carboxylic acids is 2. The number of hydrogen-bond acceptors (Lipinski definition) is 5. The van der Waals surface area contributed by atoms with E-state index in [1.165, 1.54) is 116 Å². The monoisotopic (exact) mass is 684 g/mol. The van der Waals surface area contributed by atoms with Gasteiger partial charge in [-0.2, -0.15) is 0 Å². The highest BCUT2D eigenvalue weighted by Crippen LogP contribution is 2.14. The van der Waals surface area contributed by atoms with Gasteiger partial charge in [-0.15, -0.1) is 12.4 Å². The van der Waals surface area contributed by atoms with Gasteiger partial charge >= 0.3 is 11.9 Å². The van der Waals surface area contributed by atoms with Crippen molar-refractivity contribution in [3.8, 4) is 0 Å². The van der Waals surface area contributed by atoms with E-state index in [0.29, 0.717) is 12.8 Å². The molecule has 5 nitrogen and oxygen atoms in total. The molecule has 6 heteroatoms. The molecule has 2 atom stereocenters. The van der Waals surface area contributed by atoms with Crippen LogP contribution in [0.1, 0.15) is 207 Å². The van der Waals surface area contributed by atoms with Crippen molar-refractivity contribution in [2.75, 3.05) is 0 Å². The number of ether oxygens (including phenoxy) is 2. The first-order valence-electron chi connectivity index (χ1n) is 19.9. The van der Waals surface area contributed by atoms with Crippen LogP contribution in [0.25, 0.3) is 0 Å². The van der Waals surface area contributed by atoms with E-state index >= 15 is 0 Å². The third kappa shape index (κ3) is 34.3. The number of allylic oxidation sites excluding steroid dienone is 4. The second-order valence-electron chi connectivity index (χ2n) is 13.6. The molecule has 0 spiro atoms. The summed E-state index contributed by atoms with van der Waals surface area (Å²) >= 11 is 0. The highest BCUT2D eigenvalue weighted by Gasteiger charge is 2.25. The highest BCUT2D eigenvalue weighted by molar-refractivity contribution is 5.85. The van der Waals surface area contributed by atoms with Crippen LogP contribution in [-0.4, -0.2) is 30.2 Å². The fraction of sp³-hybridized carbons (Fsp3) is 0.854. The lowest BCUT2D eigenvalue weighted by atomic mass is 10.1. The van der Waals surface area contributed by atoms with Crippen molar-refractivity contribution in [1.82, 2.24) is 0 Å². The fourth-order valence-electron chi connectivity index (χ4n) is 5.75. The second kappa shape index (κ2) is 37.5. The zero-order chi connectivity index (χ0) is 33.9. The second-order valence-corrected chi connectivity index (χ2v) is 13.6. The average molecular weight is 685 g/mol. The van der Waals surface area contributed by atoms with Gasteiger partial charge in [0.2, 0.25) is 0 Å². The molecule has 0 saturated carbocycles. The van der Waals surface area contributed by atoms with Gasteiger partial charge in [-0.25, -0.2) is 0 Å². The van der Waals surface area contributed by atoms with Crippen LogP contribution in [0.3, 0.4) is 0 Å². The normalized spacial score (nSPS) is 13.5. The molecule has 2 unspecified atom stereocenters. The van der Waals surface area contributed by atoms with Gasteiger partial charge in [0, 0.05) is 12.8 Å². The summed E-state index contributed by atoms with van der Waals surface area (Å²) in [5.74, 6) is -0.431. The Labute approximate surface area is 298 Å². The lowest BCUT2D eigenvalue weighted by molar-refractivity contribution is -0.155. The van der Waals surface area contributed by atoms with Crippen molar-refractivity contribution in [3.63, 3.8) is 0 Å². The van der Waals surface area contributed by atoms with Gasteiger partial charge in [-0.05, 0) is 78.1 Å². The van der Waals surface area contributed by atoms with E-state index in [0.717, 1.165) is 51.4 Å². The molecule has 0 radical (unpaired) electrons. The zero-order valence-electron chi connectivity index (χ0n) is 31.5. The molecule has 278 valence electrons. The quantitative estimate of drug-likeness (QED) is 0.0415. The summed E-state index contributed by atoms with van der Waals surface area (Å²) in [7, 11) is 0. The molecule has 0 fully saturated rings. The van der Waals surface area contributed by atoms with E-state index in [2.05, 4.69) is 38.2 Å². The lowest BCUT2D eigenvalue weighted by Crippen LogP contribution is -2.46. The predicted molar refractivity (Wildman–Crippen MR) is 205 cm³/mol. The van der Waals surface area contributed by atoms with E-state index in [1.54, 1.807) is 13.8 Å². The highest BCUT2D eigenvalue weighted by atomic mass is 35.5. The number of rotatable bonds is 34. The third-order valence-corrected chi connectivity index (χ3v) is 9.00. The molecule has 0 bridgehead atoms. The third-order valence-electron chi connectivity index (χ3n) is 9.00. The lowest BCUT2D eigenvalue weighted by Gasteiger charge is -2.25. The molecule has 47 heavy (non-hydrogen) atoms. The van der Waals surface area contributed by atoms with E-state index in [-0.39, 0.29) is 24.3 Å². The maximum atomic E-state index is 12.3. The number of unbranched alkanes of at least 4 members (excludes halogenated alkanes) is 22. The summed E-state index contributed by atoms with van der Waals surface area (Å²) in [6, 6.07) is -0.531. The maximum Gasteiger partial charge on any atom is 0.306 e. The summed E-state index contributed by atoms with van der Waals surface area (Å²) in [5, 5.41) is 0. The van der Waals surface area contributed by atoms with Gasteiger partial charge in [0.1, 0.15) is 12.2 Å². The van der Waals surface area contributed by atoms with E-state index < -0.39 is 18.2 Å². The summed E-state index contributed by atoms with van der Waals surface area (Å²) in [6.45, 7) is 8.10. The minimum Gasteiger partial charge on any atom is -0.461 e. The Morgan fingerprint density at radius 2 is 0.723 bits per heavy atom. The molecular formula is C41H78ClNO4. The standard InChI is InChI=1S/C41H77NO4.ClH/c1-5-7-9-11-13-15-17-19-21-23-25-27-29-31-33-35-39(43)45-37(3)41(42)38(4)46-40(44)36-34-32-30-28-26-24-22-20-18-16-14-12-10-8-6-2;/h19-22,37-38,41H,5-18,23-36,42H2,1-4H3;1H. The first kappa shape index (κ1) is 47.8. The molecule has 0 aromatic carbocycles. The van der Waals surface area contributed by atoms with Crippen LogP contribution in [0, 0.1) is 0 Å². The first-order valence-corrected chi connectivity index (χ1v) is 19.9. The largest absolute Gasteiger partial charge is 0.461 e. The molecular weight excluding hydrogens is 606 g/mol. The Balaban J connectivity index is 0. The van der Waals surface area contributed by atoms with Crippen molar-refractivity contribution in [2.24, 2.45) is 5.73 Å². The van der Waals surface area contributed by atoms with Gasteiger partial charge in [-0.1, -0.05) is 141 Å². The van der Waals surface area contributed by atoms with Gasteiger partial charge in [0.25, 0.3) is 0 Å². The van der Waals surface area contributed by atoms with Crippen LogP contribution >= 0.6 is 12.4 Å². The van der Waals surface area contributed by atoms with Crippen molar-refractivity contribution in [3.05, 3.63) is 24.3 Å². The van der Waals surface area contributed by atoms with Gasteiger partial charge < -0.3 is 15.2 Å². The molecule has 0 saturated heterocycles. The average Bonchev–Trinajstić information content (AvgIpc) is 3.04. The van der Waals surface area contributed by atoms with Crippen LogP contribution in [0.4, 0.5) is 0 Å². The Hall–Kier alpha value is -1.33. The topological polar surface area (TPSA) is 78.6 Å². The van der Waals surface area contributed by atoms with Crippen LogP contribution < -0.4 is 5.73 Å². The predicted octanol–water partition coefficient (Wildman–Crippen LogP) is 12.7. The molecule has 0 aromatic rings. The Bertz CT molecular complexity index is 681. The molecule has 0 aliphatic heterocycles. The van der Waals surface area contributed by atoms with Crippen molar-refractivity contribution in [2.45, 2.75) is 226 Å². The molecule has 2 N–H and O–H groups in total. The van der Waals surface area contributed by atoms with Gasteiger partial charge in [0.05, 0.1) is 6.04 Å². The summed E-state index contributed by atoms with van der Waals surface area (Å²) in [6.07, 6.45) is 41.2. The van der Waals surface area contributed by atoms with E-state index in [1.807, 2.05) is 0 Å². The number of esters is 2. The Morgan fingerprint density at radius 1 is 0.468 bits per heavy atom. The van der Waals surface area contributed by atoms with Crippen molar-refractivity contribution in [1.29, 1.82) is 0 Å². The summed E-state index contributed by atoms with van der Waals surface area (Å²) in [4.78, 5) is 24.6. The van der Waals surface area contributed by atoms with E-state index in [9.17, 15) is 9.59 Å². The SMILES string of the molecule is CCCCCCCCC=CCCCCCCCC(=O)OC(C)C(N)C(C)OC(=O)CCCCCCCC=CCCCCCCCC.Cl. The van der Waals surface area contributed by atoms with Gasteiger partial charge in [0.15, 0.2) is 0 Å². The molecule has 0 heterocycles. The molecule has 0 rings (SSSR count). The van der Waals surface area contributed by atoms with Crippen LogP contribution in [0.2, 0.25) is 0 Å². The summed E-state index contributed by atoms with van der Waals surface area (Å²) in [5.41, 5.74) is 6.26. The maximum absolute atomic E-state index is 12.3. The summed E-state index contributed by atoms with van der Waals surface area (Å²) < 4.78 is 11.1. The number of nitrogens with two attached hydrogens (primary N) is 1. The molecule has 0 aromatic heterocycles. The Kier molecular flexibility index (Phi) is 38.1. The number of halogens is 1. The number of hydrogen-bond donors (Lipinski definition) is 1. The number of carbonyl (C=O) groups is 2. The van der Waals surface area contributed by atoms with Crippen LogP contribution in [0.5, 0.6) is 0 Å². The van der Waals surface area contributed by atoms with E-state index in [4.69, 9.17) is 15.2 Å². The van der Waals surface area contributed by atoms with Crippen molar-refractivity contribution >= 4 is 24.3 Å². The first-order chi connectivity index (χ1) is 22.4. The Morgan fingerprint density at radius 3 is 1.02 bits per heavy atom. The smallest absolute Gasteiger partial charge is 0.306 e. The zero-order valence-corrected chi connectivity index (χ0v) is 32.3. The molecule has 0 amide bonds. The van der Waals surface area contributed by atoms with Gasteiger partial charge in [-0.3, -0.25) is 9.59 Å².